The van der Waals surface area contributed by atoms with Gasteiger partial charge in [-0.25, -0.2) is 4.39 Å². The van der Waals surface area contributed by atoms with Crippen LogP contribution in [0.1, 0.15) is 36.8 Å². The molecule has 0 heterocycles. The van der Waals surface area contributed by atoms with Gasteiger partial charge in [-0.1, -0.05) is 60.7 Å². The van der Waals surface area contributed by atoms with E-state index in [0.29, 0.717) is 12.0 Å². The summed E-state index contributed by atoms with van der Waals surface area (Å²) in [5.74, 6) is -1.41. The van der Waals surface area contributed by atoms with Gasteiger partial charge in [0.15, 0.2) is 0 Å². The van der Waals surface area contributed by atoms with Crippen LogP contribution < -0.4 is 11.1 Å². The van der Waals surface area contributed by atoms with Crippen LogP contribution in [0.5, 0.6) is 0 Å². The van der Waals surface area contributed by atoms with Crippen LogP contribution in [0.15, 0.2) is 78.9 Å². The Morgan fingerprint density at radius 2 is 1.56 bits per heavy atom. The van der Waals surface area contributed by atoms with E-state index in [9.17, 15) is 18.8 Å². The van der Waals surface area contributed by atoms with E-state index in [0.717, 1.165) is 35.6 Å². The van der Waals surface area contributed by atoms with Crippen molar-refractivity contribution in [1.82, 2.24) is 15.1 Å². The first-order valence-corrected chi connectivity index (χ1v) is 14.0. The molecule has 41 heavy (non-hydrogen) atoms. The predicted octanol–water partition coefficient (Wildman–Crippen LogP) is 3.99. The highest BCUT2D eigenvalue weighted by Gasteiger charge is 2.35. The maximum atomic E-state index is 14.1. The maximum Gasteiger partial charge on any atom is 0.246 e. The minimum Gasteiger partial charge on any atom is -0.357 e. The van der Waals surface area contributed by atoms with Gasteiger partial charge in [-0.05, 0) is 65.8 Å². The third kappa shape index (κ3) is 7.38. The highest BCUT2D eigenvalue weighted by molar-refractivity contribution is 5.95. The van der Waals surface area contributed by atoms with E-state index in [1.807, 2.05) is 42.5 Å². The van der Waals surface area contributed by atoms with Crippen LogP contribution in [0.4, 0.5) is 4.39 Å². The normalized spacial score (nSPS) is 15.6. The number of benzene rings is 3. The highest BCUT2D eigenvalue weighted by atomic mass is 19.1. The molecule has 3 aromatic carbocycles. The predicted molar refractivity (Wildman–Crippen MR) is 159 cm³/mol. The summed E-state index contributed by atoms with van der Waals surface area (Å²) in [5.41, 5.74) is 7.66. The number of rotatable bonds is 11. The molecule has 1 aliphatic carbocycles. The Bertz CT molecular complexity index is 1420. The van der Waals surface area contributed by atoms with Gasteiger partial charge in [-0.2, -0.15) is 0 Å². The molecule has 0 aliphatic heterocycles. The van der Waals surface area contributed by atoms with E-state index >= 15 is 0 Å². The average Bonchev–Trinajstić information content (AvgIpc) is 2.97. The number of hydrogen-bond acceptors (Lipinski definition) is 4. The van der Waals surface area contributed by atoms with E-state index in [4.69, 9.17) is 5.73 Å². The molecule has 0 spiro atoms. The zero-order valence-electron chi connectivity index (χ0n) is 24.0. The molecular formula is C33H39FN4O3. The minimum atomic E-state index is -0.866. The van der Waals surface area contributed by atoms with Crippen LogP contribution in [0.2, 0.25) is 0 Å². The van der Waals surface area contributed by atoms with E-state index in [1.54, 1.807) is 32.3 Å². The first-order valence-electron chi connectivity index (χ1n) is 14.0. The van der Waals surface area contributed by atoms with Crippen molar-refractivity contribution in [3.05, 3.63) is 95.8 Å². The molecule has 3 amide bonds. The molecule has 0 unspecified atom stereocenters. The van der Waals surface area contributed by atoms with Crippen LogP contribution >= 0.6 is 0 Å². The number of carbonyl (C=O) groups excluding carboxylic acids is 3. The van der Waals surface area contributed by atoms with Crippen LogP contribution in [-0.4, -0.2) is 66.3 Å². The maximum absolute atomic E-state index is 14.1. The zero-order chi connectivity index (χ0) is 29.6. The average molecular weight is 559 g/mol. The summed E-state index contributed by atoms with van der Waals surface area (Å²) in [7, 11) is 4.69. The summed E-state index contributed by atoms with van der Waals surface area (Å²) in [6.07, 6.45) is 7.31. The van der Waals surface area contributed by atoms with Crippen molar-refractivity contribution in [3.63, 3.8) is 0 Å². The summed E-state index contributed by atoms with van der Waals surface area (Å²) >= 11 is 0. The van der Waals surface area contributed by atoms with E-state index < -0.39 is 12.1 Å². The highest BCUT2D eigenvalue weighted by Crippen LogP contribution is 2.32. The molecule has 0 saturated heterocycles. The monoisotopic (exact) mass is 558 g/mol. The molecule has 1 aliphatic rings. The molecular weight excluding hydrogens is 519 g/mol. The van der Waals surface area contributed by atoms with Crippen LogP contribution in [0.3, 0.4) is 0 Å². The van der Waals surface area contributed by atoms with Crippen molar-refractivity contribution < 1.29 is 18.8 Å². The lowest BCUT2D eigenvalue weighted by Gasteiger charge is -2.37. The van der Waals surface area contributed by atoms with Gasteiger partial charge in [0.25, 0.3) is 0 Å². The number of nitrogens with zero attached hydrogens (tertiary/aromatic N) is 2. The van der Waals surface area contributed by atoms with Crippen molar-refractivity contribution in [3.8, 4) is 0 Å². The SMILES string of the molecule is CNC(=O)[C@@H](Cc1ccc(F)cc1)N(C)C(=O)[C@@H](Cc1ccc2ccccc2c1)N(C)C(=O)C=CCC1(N)CCC1. The van der Waals surface area contributed by atoms with Crippen molar-refractivity contribution in [1.29, 1.82) is 0 Å². The number of nitrogens with two attached hydrogens (primary N) is 1. The van der Waals surface area contributed by atoms with Gasteiger partial charge in [0.1, 0.15) is 17.9 Å². The summed E-state index contributed by atoms with van der Waals surface area (Å²) in [5, 5.41) is 4.75. The number of fused-ring (bicyclic) bond motifs is 1. The van der Waals surface area contributed by atoms with Crippen LogP contribution in [-0.2, 0) is 27.2 Å². The number of carbonyl (C=O) groups is 3. The molecule has 0 bridgehead atoms. The Morgan fingerprint density at radius 1 is 0.927 bits per heavy atom. The second kappa shape index (κ2) is 13.1. The first kappa shape index (κ1) is 29.9. The Kier molecular flexibility index (Phi) is 9.55. The van der Waals surface area contributed by atoms with Gasteiger partial charge >= 0.3 is 0 Å². The standard InChI is InChI=1S/C33H39FN4O3/c1-36-31(40)28(21-23-12-15-27(34)16-13-23)38(3)32(41)29(22-24-11-14-25-8-4-5-9-26(25)20-24)37(2)30(39)10-6-17-33(35)18-7-19-33/h4-6,8-16,20,28-29H,7,17-19,21-22,35H2,1-3H3,(H,36,40)/t28-,29-/m1/s1. The van der Waals surface area contributed by atoms with Gasteiger partial charge < -0.3 is 20.9 Å². The van der Waals surface area contributed by atoms with Gasteiger partial charge in [-0.3, -0.25) is 14.4 Å². The van der Waals surface area contributed by atoms with Crippen molar-refractivity contribution in [2.75, 3.05) is 21.1 Å². The number of hydrogen-bond donors (Lipinski definition) is 2. The summed E-state index contributed by atoms with van der Waals surface area (Å²) in [6.45, 7) is 0. The van der Waals surface area contributed by atoms with Gasteiger partial charge in [0.2, 0.25) is 17.7 Å². The summed E-state index contributed by atoms with van der Waals surface area (Å²) < 4.78 is 13.5. The van der Waals surface area contributed by atoms with E-state index in [-0.39, 0.29) is 41.9 Å². The van der Waals surface area contributed by atoms with Gasteiger partial charge in [0, 0.05) is 39.5 Å². The lowest BCUT2D eigenvalue weighted by atomic mass is 9.75. The number of nitrogens with one attached hydrogen (secondary N) is 1. The minimum absolute atomic E-state index is 0.195. The molecule has 3 aromatic rings. The largest absolute Gasteiger partial charge is 0.357 e. The Balaban J connectivity index is 1.60. The number of halogens is 1. The van der Waals surface area contributed by atoms with E-state index in [2.05, 4.69) is 5.32 Å². The lowest BCUT2D eigenvalue weighted by molar-refractivity contribution is -0.146. The fourth-order valence-corrected chi connectivity index (χ4v) is 5.28. The topological polar surface area (TPSA) is 95.7 Å². The molecule has 7 nitrogen and oxygen atoms in total. The number of likely N-dealkylation sites (N-methyl/N-ethyl adjacent to an activating group) is 3. The molecule has 216 valence electrons. The third-order valence-electron chi connectivity index (χ3n) is 8.18. The van der Waals surface area contributed by atoms with Gasteiger partial charge in [0.05, 0.1) is 0 Å². The quantitative estimate of drug-likeness (QED) is 0.348. The summed E-state index contributed by atoms with van der Waals surface area (Å²) in [4.78, 5) is 43.2. The van der Waals surface area contributed by atoms with Crippen molar-refractivity contribution in [2.24, 2.45) is 5.73 Å². The van der Waals surface area contributed by atoms with Crippen LogP contribution in [0.25, 0.3) is 10.8 Å². The Hall–Kier alpha value is -4.04. The second-order valence-corrected chi connectivity index (χ2v) is 11.1. The van der Waals surface area contributed by atoms with Gasteiger partial charge in [-0.15, -0.1) is 0 Å². The fraction of sp³-hybridized carbons (Fsp3) is 0.364. The molecule has 1 saturated carbocycles. The first-order chi connectivity index (χ1) is 19.6. The zero-order valence-corrected chi connectivity index (χ0v) is 24.0. The molecule has 0 aromatic heterocycles. The fourth-order valence-electron chi connectivity index (χ4n) is 5.28. The molecule has 2 atom stereocenters. The Morgan fingerprint density at radius 3 is 2.20 bits per heavy atom. The smallest absolute Gasteiger partial charge is 0.246 e. The molecule has 8 heteroatoms. The van der Waals surface area contributed by atoms with E-state index in [1.165, 1.54) is 35.1 Å². The molecule has 3 N–H and O–H groups in total. The van der Waals surface area contributed by atoms with Crippen molar-refractivity contribution >= 4 is 28.5 Å². The third-order valence-corrected chi connectivity index (χ3v) is 8.18. The molecule has 0 radical (unpaired) electrons. The molecule has 1 fully saturated rings. The van der Waals surface area contributed by atoms with Crippen LogP contribution in [0, 0.1) is 5.82 Å². The number of amides is 3. The van der Waals surface area contributed by atoms with Crippen molar-refractivity contribution in [2.45, 2.75) is 56.1 Å². The molecule has 4 rings (SSSR count). The lowest BCUT2D eigenvalue weighted by Crippen LogP contribution is -2.55. The summed E-state index contributed by atoms with van der Waals surface area (Å²) in [6, 6.07) is 18.1. The Labute approximate surface area is 241 Å². The second-order valence-electron chi connectivity index (χ2n) is 11.1.